The van der Waals surface area contributed by atoms with Crippen LogP contribution in [0.5, 0.6) is 0 Å². The van der Waals surface area contributed by atoms with Gasteiger partial charge in [-0.3, -0.25) is 10.2 Å². The van der Waals surface area contributed by atoms with Crippen LogP contribution in [0.4, 0.5) is 0 Å². The summed E-state index contributed by atoms with van der Waals surface area (Å²) < 4.78 is 0. The molecule has 11 heavy (non-hydrogen) atoms. The van der Waals surface area contributed by atoms with Crippen molar-refractivity contribution in [3.05, 3.63) is 12.2 Å². The van der Waals surface area contributed by atoms with Crippen LogP contribution in [0, 0.1) is 5.92 Å². The maximum absolute atomic E-state index is 10.9. The van der Waals surface area contributed by atoms with Crippen LogP contribution in [0.15, 0.2) is 12.2 Å². The van der Waals surface area contributed by atoms with E-state index in [1.807, 2.05) is 0 Å². The van der Waals surface area contributed by atoms with Gasteiger partial charge >= 0.3 is 0 Å². The molecule has 0 heterocycles. The highest BCUT2D eigenvalue weighted by Crippen LogP contribution is 2.18. The van der Waals surface area contributed by atoms with Crippen LogP contribution in [0.3, 0.4) is 0 Å². The maximum atomic E-state index is 10.9. The van der Waals surface area contributed by atoms with Crippen LogP contribution in [0.1, 0.15) is 12.8 Å². The zero-order valence-corrected chi connectivity index (χ0v) is 6.16. The van der Waals surface area contributed by atoms with E-state index in [1.165, 1.54) is 0 Å². The average molecular weight is 156 g/mol. The van der Waals surface area contributed by atoms with E-state index in [9.17, 15) is 4.79 Å². The van der Waals surface area contributed by atoms with Crippen LogP contribution < -0.4 is 11.3 Å². The second-order valence-corrected chi connectivity index (χ2v) is 2.67. The molecule has 1 aliphatic carbocycles. The third-order valence-corrected chi connectivity index (χ3v) is 1.82. The van der Waals surface area contributed by atoms with Crippen molar-refractivity contribution in [3.63, 3.8) is 0 Å². The molecular weight excluding hydrogens is 144 g/mol. The number of carbonyl (C=O) groups is 1. The number of allylic oxidation sites excluding steroid dienone is 1. The van der Waals surface area contributed by atoms with Gasteiger partial charge in [0.05, 0.1) is 6.10 Å². The van der Waals surface area contributed by atoms with E-state index < -0.39 is 6.10 Å². The second-order valence-electron chi connectivity index (χ2n) is 2.67. The van der Waals surface area contributed by atoms with E-state index in [-0.39, 0.29) is 11.8 Å². The van der Waals surface area contributed by atoms with Crippen LogP contribution in [-0.4, -0.2) is 17.1 Å². The maximum Gasteiger partial charge on any atom is 0.237 e. The minimum Gasteiger partial charge on any atom is -0.389 e. The van der Waals surface area contributed by atoms with Gasteiger partial charge in [-0.25, -0.2) is 5.84 Å². The summed E-state index contributed by atoms with van der Waals surface area (Å²) in [5.74, 6) is 4.58. The van der Waals surface area contributed by atoms with Gasteiger partial charge in [-0.05, 0) is 12.8 Å². The Morgan fingerprint density at radius 2 is 2.45 bits per heavy atom. The van der Waals surface area contributed by atoms with Gasteiger partial charge in [0.2, 0.25) is 5.91 Å². The lowest BCUT2D eigenvalue weighted by molar-refractivity contribution is -0.125. The number of rotatable bonds is 1. The molecule has 0 radical (unpaired) electrons. The first kappa shape index (κ1) is 8.23. The van der Waals surface area contributed by atoms with Crippen LogP contribution >= 0.6 is 0 Å². The Labute approximate surface area is 65.0 Å². The normalized spacial score (nSPS) is 30.0. The van der Waals surface area contributed by atoms with Crippen molar-refractivity contribution in [1.82, 2.24) is 5.43 Å². The molecule has 0 saturated carbocycles. The molecular formula is C7H12N2O2. The summed E-state index contributed by atoms with van der Waals surface area (Å²) in [5.41, 5.74) is 2.07. The zero-order chi connectivity index (χ0) is 8.27. The average Bonchev–Trinajstić information content (AvgIpc) is 2.03. The monoisotopic (exact) mass is 156 g/mol. The SMILES string of the molecule is NNC(=O)C1CC=CC(O)C1. The summed E-state index contributed by atoms with van der Waals surface area (Å²) in [6.45, 7) is 0. The fourth-order valence-corrected chi connectivity index (χ4v) is 1.20. The fraction of sp³-hybridized carbons (Fsp3) is 0.571. The molecule has 0 fully saturated rings. The van der Waals surface area contributed by atoms with Crippen molar-refractivity contribution in [2.24, 2.45) is 11.8 Å². The molecule has 1 rings (SSSR count). The van der Waals surface area contributed by atoms with E-state index in [4.69, 9.17) is 10.9 Å². The Morgan fingerprint density at radius 1 is 1.73 bits per heavy atom. The van der Waals surface area contributed by atoms with E-state index in [0.29, 0.717) is 12.8 Å². The lowest BCUT2D eigenvalue weighted by Gasteiger charge is -2.19. The van der Waals surface area contributed by atoms with Crippen molar-refractivity contribution in [2.75, 3.05) is 0 Å². The number of aliphatic hydroxyl groups excluding tert-OH is 1. The number of aliphatic hydroxyl groups is 1. The first-order valence-corrected chi connectivity index (χ1v) is 3.59. The molecule has 62 valence electrons. The highest BCUT2D eigenvalue weighted by molar-refractivity contribution is 5.78. The van der Waals surface area contributed by atoms with E-state index in [0.717, 1.165) is 0 Å². The van der Waals surface area contributed by atoms with Crippen molar-refractivity contribution >= 4 is 5.91 Å². The summed E-state index contributed by atoms with van der Waals surface area (Å²) in [7, 11) is 0. The Morgan fingerprint density at radius 3 is 3.00 bits per heavy atom. The molecule has 0 bridgehead atoms. The molecule has 1 aliphatic rings. The van der Waals surface area contributed by atoms with Gasteiger partial charge in [0.15, 0.2) is 0 Å². The van der Waals surface area contributed by atoms with Gasteiger partial charge in [0.1, 0.15) is 0 Å². The third-order valence-electron chi connectivity index (χ3n) is 1.82. The minimum atomic E-state index is -0.494. The molecule has 0 aromatic rings. The molecule has 4 heteroatoms. The number of hydrazine groups is 1. The van der Waals surface area contributed by atoms with Gasteiger partial charge in [0, 0.05) is 5.92 Å². The fourth-order valence-electron chi connectivity index (χ4n) is 1.20. The summed E-state index contributed by atoms with van der Waals surface area (Å²) in [6, 6.07) is 0. The summed E-state index contributed by atoms with van der Waals surface area (Å²) in [5, 5.41) is 9.12. The number of amides is 1. The number of hydrogen-bond donors (Lipinski definition) is 3. The molecule has 0 spiro atoms. The Hall–Kier alpha value is -0.870. The van der Waals surface area contributed by atoms with Gasteiger partial charge in [-0.2, -0.15) is 0 Å². The first-order valence-electron chi connectivity index (χ1n) is 3.59. The Bertz CT molecular complexity index is 179. The van der Waals surface area contributed by atoms with Gasteiger partial charge < -0.3 is 5.11 Å². The highest BCUT2D eigenvalue weighted by atomic mass is 16.3. The third kappa shape index (κ3) is 2.03. The molecule has 0 aromatic carbocycles. The highest BCUT2D eigenvalue weighted by Gasteiger charge is 2.21. The van der Waals surface area contributed by atoms with Gasteiger partial charge in [-0.1, -0.05) is 12.2 Å². The molecule has 0 aromatic heterocycles. The van der Waals surface area contributed by atoms with E-state index >= 15 is 0 Å². The Balaban J connectivity index is 2.49. The quantitative estimate of drug-likeness (QED) is 0.203. The smallest absolute Gasteiger partial charge is 0.237 e. The molecule has 0 saturated heterocycles. The number of carbonyl (C=O) groups excluding carboxylic acids is 1. The molecule has 4 nitrogen and oxygen atoms in total. The zero-order valence-electron chi connectivity index (χ0n) is 6.16. The lowest BCUT2D eigenvalue weighted by atomic mass is 9.92. The summed E-state index contributed by atoms with van der Waals surface area (Å²) in [6.07, 6.45) is 4.14. The van der Waals surface area contributed by atoms with Crippen LogP contribution in [-0.2, 0) is 4.79 Å². The number of hydrogen-bond acceptors (Lipinski definition) is 3. The standard InChI is InChI=1S/C7H12N2O2/c8-9-7(11)5-2-1-3-6(10)4-5/h1,3,5-6,10H,2,4,8H2,(H,9,11). The molecule has 2 unspecified atom stereocenters. The Kier molecular flexibility index (Phi) is 2.62. The summed E-state index contributed by atoms with van der Waals surface area (Å²) >= 11 is 0. The second kappa shape index (κ2) is 3.50. The topological polar surface area (TPSA) is 75.3 Å². The van der Waals surface area contributed by atoms with Gasteiger partial charge in [0.25, 0.3) is 0 Å². The molecule has 2 atom stereocenters. The van der Waals surface area contributed by atoms with Crippen molar-refractivity contribution in [1.29, 1.82) is 0 Å². The molecule has 4 N–H and O–H groups in total. The predicted molar refractivity (Wildman–Crippen MR) is 40.2 cm³/mol. The van der Waals surface area contributed by atoms with Crippen LogP contribution in [0.2, 0.25) is 0 Å². The lowest BCUT2D eigenvalue weighted by Crippen LogP contribution is -2.37. The van der Waals surface area contributed by atoms with E-state index in [1.54, 1.807) is 12.2 Å². The van der Waals surface area contributed by atoms with Crippen LogP contribution in [0.25, 0.3) is 0 Å². The number of nitrogens with one attached hydrogen (secondary N) is 1. The minimum absolute atomic E-state index is 0.167. The molecule has 0 aliphatic heterocycles. The van der Waals surface area contributed by atoms with Crippen molar-refractivity contribution in [2.45, 2.75) is 18.9 Å². The first-order chi connectivity index (χ1) is 5.24. The van der Waals surface area contributed by atoms with E-state index in [2.05, 4.69) is 5.43 Å². The summed E-state index contributed by atoms with van der Waals surface area (Å²) in [4.78, 5) is 10.9. The van der Waals surface area contributed by atoms with Crippen molar-refractivity contribution < 1.29 is 9.90 Å². The molecule has 1 amide bonds. The largest absolute Gasteiger partial charge is 0.389 e. The van der Waals surface area contributed by atoms with Crippen molar-refractivity contribution in [3.8, 4) is 0 Å². The van der Waals surface area contributed by atoms with Gasteiger partial charge in [-0.15, -0.1) is 0 Å². The predicted octanol–water partition coefficient (Wildman–Crippen LogP) is -0.697. The number of nitrogens with two attached hydrogens (primary N) is 1.